The maximum Gasteiger partial charge on any atom is 0.167 e. The Bertz CT molecular complexity index is 1450. The highest BCUT2D eigenvalue weighted by molar-refractivity contribution is 6.13. The van der Waals surface area contributed by atoms with Crippen LogP contribution in [0.4, 0.5) is 0 Å². The summed E-state index contributed by atoms with van der Waals surface area (Å²) in [5.74, 6) is 0.215. The third kappa shape index (κ3) is 6.37. The van der Waals surface area contributed by atoms with Crippen molar-refractivity contribution >= 4 is 33.4 Å². The van der Waals surface area contributed by atoms with Gasteiger partial charge in [-0.25, -0.2) is 0 Å². The number of aromatic nitrogens is 1. The molecule has 0 unspecified atom stereocenters. The number of fused-ring (bicyclic) bond motifs is 3. The molecule has 39 heavy (non-hydrogen) atoms. The van der Waals surface area contributed by atoms with Gasteiger partial charge in [-0.05, 0) is 53.9 Å². The summed E-state index contributed by atoms with van der Waals surface area (Å²) in [5.41, 5.74) is 5.71. The minimum Gasteiger partial charge on any atom is -0.340 e. The van der Waals surface area contributed by atoms with Gasteiger partial charge in [0.15, 0.2) is 11.6 Å². The molecule has 198 valence electrons. The third-order valence-electron chi connectivity index (χ3n) is 7.66. The van der Waals surface area contributed by atoms with Crippen LogP contribution in [0.5, 0.6) is 0 Å². The van der Waals surface area contributed by atoms with E-state index in [4.69, 9.17) is 0 Å². The van der Waals surface area contributed by atoms with Gasteiger partial charge in [-0.15, -0.1) is 0 Å². The standard InChI is InChI=1S/C36H37NO2/c1-2-3-4-5-6-13-22-37-33-20-18-29(35(38)23-27-14-9-7-10-15-27)25-31(33)32-26-30(19-21-34(32)37)36(39)24-28-16-11-8-12-17-28/h7-12,14-21,25-26H,2-6,13,22-24H2,1H3. The van der Waals surface area contributed by atoms with Crippen LogP contribution >= 0.6 is 0 Å². The van der Waals surface area contributed by atoms with Crippen LogP contribution in [0.1, 0.15) is 77.3 Å². The summed E-state index contributed by atoms with van der Waals surface area (Å²) >= 11 is 0. The largest absolute Gasteiger partial charge is 0.340 e. The molecule has 0 amide bonds. The first-order valence-corrected chi connectivity index (χ1v) is 14.3. The molecule has 0 N–H and O–H groups in total. The van der Waals surface area contributed by atoms with Crippen LogP contribution in [-0.4, -0.2) is 16.1 Å². The van der Waals surface area contributed by atoms with Crippen LogP contribution in [0.15, 0.2) is 97.1 Å². The van der Waals surface area contributed by atoms with Gasteiger partial charge in [-0.1, -0.05) is 99.7 Å². The second kappa shape index (κ2) is 12.7. The molecule has 0 saturated heterocycles. The number of carbonyl (C=O) groups is 2. The van der Waals surface area contributed by atoms with Gasteiger partial charge >= 0.3 is 0 Å². The van der Waals surface area contributed by atoms with E-state index in [0.717, 1.165) is 45.9 Å². The van der Waals surface area contributed by atoms with E-state index < -0.39 is 0 Å². The van der Waals surface area contributed by atoms with Crippen molar-refractivity contribution in [1.29, 1.82) is 0 Å². The quantitative estimate of drug-likeness (QED) is 0.116. The van der Waals surface area contributed by atoms with E-state index in [1.54, 1.807) is 0 Å². The molecule has 0 bridgehead atoms. The molecule has 0 fully saturated rings. The van der Waals surface area contributed by atoms with Gasteiger partial charge < -0.3 is 4.57 Å². The van der Waals surface area contributed by atoms with Crippen LogP contribution in [0, 0.1) is 0 Å². The van der Waals surface area contributed by atoms with Gasteiger partial charge in [0.1, 0.15) is 0 Å². The fourth-order valence-electron chi connectivity index (χ4n) is 5.51. The number of hydrogen-bond acceptors (Lipinski definition) is 2. The molecule has 0 saturated carbocycles. The summed E-state index contributed by atoms with van der Waals surface area (Å²) in [6.07, 6.45) is 8.20. The average molecular weight is 516 g/mol. The van der Waals surface area contributed by atoms with E-state index in [9.17, 15) is 9.59 Å². The Labute approximate surface area is 231 Å². The van der Waals surface area contributed by atoms with E-state index in [-0.39, 0.29) is 11.6 Å². The Hall–Kier alpha value is -3.98. The van der Waals surface area contributed by atoms with Gasteiger partial charge in [-0.3, -0.25) is 9.59 Å². The van der Waals surface area contributed by atoms with Gasteiger partial charge in [-0.2, -0.15) is 0 Å². The summed E-state index contributed by atoms with van der Waals surface area (Å²) < 4.78 is 2.38. The number of rotatable bonds is 13. The molecule has 0 aliphatic carbocycles. The Morgan fingerprint density at radius 1 is 0.564 bits per heavy atom. The van der Waals surface area contributed by atoms with Crippen molar-refractivity contribution in [3.05, 3.63) is 119 Å². The van der Waals surface area contributed by atoms with Crippen LogP contribution < -0.4 is 0 Å². The zero-order valence-electron chi connectivity index (χ0n) is 22.9. The monoisotopic (exact) mass is 515 g/mol. The smallest absolute Gasteiger partial charge is 0.167 e. The van der Waals surface area contributed by atoms with Crippen molar-refractivity contribution in [3.8, 4) is 0 Å². The van der Waals surface area contributed by atoms with E-state index in [1.165, 1.54) is 32.1 Å². The molecule has 0 spiro atoms. The van der Waals surface area contributed by atoms with Crippen molar-refractivity contribution in [2.75, 3.05) is 0 Å². The Balaban J connectivity index is 1.48. The van der Waals surface area contributed by atoms with E-state index in [0.29, 0.717) is 24.0 Å². The van der Waals surface area contributed by atoms with Gasteiger partial charge in [0, 0.05) is 52.3 Å². The number of carbonyl (C=O) groups excluding carboxylic acids is 2. The van der Waals surface area contributed by atoms with Crippen molar-refractivity contribution in [2.45, 2.75) is 64.8 Å². The van der Waals surface area contributed by atoms with Crippen LogP contribution in [0.2, 0.25) is 0 Å². The lowest BCUT2D eigenvalue weighted by molar-refractivity contribution is 0.0985. The number of ketones is 2. The topological polar surface area (TPSA) is 39.1 Å². The molecule has 0 aliphatic heterocycles. The SMILES string of the molecule is CCCCCCCCn1c2ccc(C(=O)Cc3ccccc3)cc2c2cc(C(=O)Cc3ccccc3)ccc21. The molecule has 5 aromatic rings. The number of nitrogens with zero attached hydrogens (tertiary/aromatic N) is 1. The minimum absolute atomic E-state index is 0.108. The number of Topliss-reactive ketones (excluding diaryl/α,β-unsaturated/α-hetero) is 2. The summed E-state index contributed by atoms with van der Waals surface area (Å²) in [4.78, 5) is 26.4. The summed E-state index contributed by atoms with van der Waals surface area (Å²) in [7, 11) is 0. The van der Waals surface area contributed by atoms with E-state index in [1.807, 2.05) is 84.9 Å². The molecular weight excluding hydrogens is 478 g/mol. The molecule has 3 nitrogen and oxygen atoms in total. The second-order valence-corrected chi connectivity index (χ2v) is 10.6. The lowest BCUT2D eigenvalue weighted by Crippen LogP contribution is -2.03. The maximum absolute atomic E-state index is 13.2. The number of hydrogen-bond donors (Lipinski definition) is 0. The summed E-state index contributed by atoms with van der Waals surface area (Å²) in [6.45, 7) is 3.18. The molecule has 5 rings (SSSR count). The van der Waals surface area contributed by atoms with Gasteiger partial charge in [0.2, 0.25) is 0 Å². The summed E-state index contributed by atoms with van der Waals surface area (Å²) in [5, 5.41) is 2.09. The second-order valence-electron chi connectivity index (χ2n) is 10.6. The number of benzene rings is 4. The third-order valence-corrected chi connectivity index (χ3v) is 7.66. The van der Waals surface area contributed by atoms with Crippen molar-refractivity contribution in [3.63, 3.8) is 0 Å². The van der Waals surface area contributed by atoms with E-state index in [2.05, 4.69) is 23.6 Å². The number of unbranched alkanes of at least 4 members (excludes halogenated alkanes) is 5. The maximum atomic E-state index is 13.2. The van der Waals surface area contributed by atoms with Crippen LogP contribution in [0.25, 0.3) is 21.8 Å². The molecule has 3 heteroatoms. The average Bonchev–Trinajstić information content (AvgIpc) is 3.28. The molecule has 1 heterocycles. The fraction of sp³-hybridized carbons (Fsp3) is 0.278. The fourth-order valence-corrected chi connectivity index (χ4v) is 5.51. The van der Waals surface area contributed by atoms with Crippen LogP contribution in [0.3, 0.4) is 0 Å². The molecule has 0 atom stereocenters. The lowest BCUT2D eigenvalue weighted by Gasteiger charge is -2.08. The van der Waals surface area contributed by atoms with Crippen LogP contribution in [-0.2, 0) is 19.4 Å². The van der Waals surface area contributed by atoms with Gasteiger partial charge in [0.05, 0.1) is 0 Å². The first-order chi connectivity index (χ1) is 19.1. The Kier molecular flexibility index (Phi) is 8.68. The zero-order chi connectivity index (χ0) is 27.0. The molecule has 4 aromatic carbocycles. The predicted molar refractivity (Wildman–Crippen MR) is 162 cm³/mol. The molecular formula is C36H37NO2. The van der Waals surface area contributed by atoms with Crippen molar-refractivity contribution in [1.82, 2.24) is 4.57 Å². The number of aryl methyl sites for hydroxylation is 1. The minimum atomic E-state index is 0.108. The van der Waals surface area contributed by atoms with Gasteiger partial charge in [0.25, 0.3) is 0 Å². The Morgan fingerprint density at radius 3 is 1.51 bits per heavy atom. The van der Waals surface area contributed by atoms with Crippen molar-refractivity contribution < 1.29 is 9.59 Å². The highest BCUT2D eigenvalue weighted by Crippen LogP contribution is 2.32. The molecule has 0 radical (unpaired) electrons. The highest BCUT2D eigenvalue weighted by atomic mass is 16.1. The Morgan fingerprint density at radius 2 is 1.03 bits per heavy atom. The first kappa shape index (κ1) is 26.6. The summed E-state index contributed by atoms with van der Waals surface area (Å²) in [6, 6.07) is 32.0. The first-order valence-electron chi connectivity index (χ1n) is 14.3. The molecule has 0 aliphatic rings. The zero-order valence-corrected chi connectivity index (χ0v) is 22.9. The molecule has 1 aromatic heterocycles. The highest BCUT2D eigenvalue weighted by Gasteiger charge is 2.16. The normalized spacial score (nSPS) is 11.3. The van der Waals surface area contributed by atoms with Crippen molar-refractivity contribution in [2.24, 2.45) is 0 Å². The predicted octanol–water partition coefficient (Wildman–Crippen LogP) is 9.01. The lowest BCUT2D eigenvalue weighted by atomic mass is 9.99. The van der Waals surface area contributed by atoms with E-state index >= 15 is 0 Å².